The third kappa shape index (κ3) is 4.06. The molecule has 0 spiro atoms. The molecule has 0 aliphatic heterocycles. The Morgan fingerprint density at radius 1 is 1.17 bits per heavy atom. The van der Waals surface area contributed by atoms with Gasteiger partial charge in [0.05, 0.1) is 11.9 Å². The van der Waals surface area contributed by atoms with Crippen molar-refractivity contribution in [3.63, 3.8) is 0 Å². The van der Waals surface area contributed by atoms with Crippen LogP contribution in [-0.2, 0) is 17.6 Å². The first-order valence-corrected chi connectivity index (χ1v) is 7.59. The lowest BCUT2D eigenvalue weighted by Crippen LogP contribution is -2.25. The molecule has 1 aliphatic carbocycles. The Labute approximate surface area is 134 Å². The predicted molar refractivity (Wildman–Crippen MR) is 91.4 cm³/mol. The van der Waals surface area contributed by atoms with Gasteiger partial charge in [-0.25, -0.2) is 4.99 Å². The summed E-state index contributed by atoms with van der Waals surface area (Å²) in [5, 5.41) is 5.73. The van der Waals surface area contributed by atoms with E-state index >= 15 is 0 Å². The molecule has 4 N–H and O–H groups in total. The number of aliphatic imine (C=N–C) groups is 1. The molecule has 6 nitrogen and oxygen atoms in total. The van der Waals surface area contributed by atoms with Crippen molar-refractivity contribution in [1.82, 2.24) is 4.98 Å². The van der Waals surface area contributed by atoms with Crippen LogP contribution in [0.2, 0.25) is 0 Å². The molecule has 0 radical (unpaired) electrons. The van der Waals surface area contributed by atoms with Gasteiger partial charge in [0.25, 0.3) is 0 Å². The minimum Gasteiger partial charge on any atom is -0.370 e. The van der Waals surface area contributed by atoms with E-state index in [1.54, 1.807) is 24.5 Å². The summed E-state index contributed by atoms with van der Waals surface area (Å²) in [6.45, 7) is -0.0430. The maximum atomic E-state index is 11.8. The highest BCUT2D eigenvalue weighted by Crippen LogP contribution is 2.24. The fraction of sp³-hybridized carbons (Fsp3) is 0.235. The molecular weight excluding hydrogens is 290 g/mol. The standard InChI is InChI=1S/C17H19N5O/c18-17(20-11-16(23)21-15-5-2-8-19-10-15)22-14-7-6-12-3-1-4-13(12)9-14/h2,5-10H,1,3-4,11H2,(H,21,23)(H3,18,20,22). The molecule has 0 saturated heterocycles. The lowest BCUT2D eigenvalue weighted by molar-refractivity contribution is -0.114. The lowest BCUT2D eigenvalue weighted by atomic mass is 10.1. The number of hydrogen-bond donors (Lipinski definition) is 3. The molecule has 0 atom stereocenters. The first kappa shape index (κ1) is 15.0. The molecule has 1 heterocycles. The summed E-state index contributed by atoms with van der Waals surface area (Å²) < 4.78 is 0. The van der Waals surface area contributed by atoms with Gasteiger partial charge in [-0.1, -0.05) is 6.07 Å². The Balaban J connectivity index is 1.54. The molecule has 0 fully saturated rings. The van der Waals surface area contributed by atoms with Gasteiger partial charge in [0.2, 0.25) is 5.91 Å². The van der Waals surface area contributed by atoms with Crippen LogP contribution in [0.4, 0.5) is 11.4 Å². The van der Waals surface area contributed by atoms with Crippen molar-refractivity contribution in [1.29, 1.82) is 0 Å². The zero-order valence-electron chi connectivity index (χ0n) is 12.7. The number of nitrogens with zero attached hydrogens (tertiary/aromatic N) is 2. The van der Waals surface area contributed by atoms with Crippen LogP contribution >= 0.6 is 0 Å². The second-order valence-electron chi connectivity index (χ2n) is 5.45. The molecular formula is C17H19N5O. The quantitative estimate of drug-likeness (QED) is 0.594. The van der Waals surface area contributed by atoms with Crippen LogP contribution in [0.15, 0.2) is 47.7 Å². The fourth-order valence-corrected chi connectivity index (χ4v) is 2.63. The number of aryl methyl sites for hydroxylation is 2. The molecule has 23 heavy (non-hydrogen) atoms. The third-order valence-corrected chi connectivity index (χ3v) is 3.71. The van der Waals surface area contributed by atoms with Crippen molar-refractivity contribution >= 4 is 23.2 Å². The van der Waals surface area contributed by atoms with E-state index in [1.165, 1.54) is 17.5 Å². The third-order valence-electron chi connectivity index (χ3n) is 3.71. The number of pyridine rings is 1. The number of hydrogen-bond acceptors (Lipinski definition) is 3. The number of amides is 1. The Kier molecular flexibility index (Phi) is 4.52. The minimum atomic E-state index is -0.239. The fourth-order valence-electron chi connectivity index (χ4n) is 2.63. The van der Waals surface area contributed by atoms with Gasteiger partial charge in [-0.2, -0.15) is 0 Å². The van der Waals surface area contributed by atoms with Crippen molar-refractivity contribution in [3.8, 4) is 0 Å². The van der Waals surface area contributed by atoms with Crippen LogP contribution in [-0.4, -0.2) is 23.4 Å². The summed E-state index contributed by atoms with van der Waals surface area (Å²) in [5.74, 6) is -0.0130. The van der Waals surface area contributed by atoms with Crippen LogP contribution in [0.1, 0.15) is 17.5 Å². The molecule has 1 aliphatic rings. The topological polar surface area (TPSA) is 92.4 Å². The summed E-state index contributed by atoms with van der Waals surface area (Å²) in [6, 6.07) is 9.72. The van der Waals surface area contributed by atoms with Crippen LogP contribution in [0.5, 0.6) is 0 Å². The number of fused-ring (bicyclic) bond motifs is 1. The number of aromatic nitrogens is 1. The molecule has 3 rings (SSSR count). The maximum Gasteiger partial charge on any atom is 0.246 e. The molecule has 0 saturated carbocycles. The van der Waals surface area contributed by atoms with Crippen LogP contribution in [0, 0.1) is 0 Å². The normalized spacial score (nSPS) is 13.5. The number of rotatable bonds is 4. The van der Waals surface area contributed by atoms with E-state index in [0.29, 0.717) is 5.69 Å². The molecule has 6 heteroatoms. The largest absolute Gasteiger partial charge is 0.370 e. The second-order valence-corrected chi connectivity index (χ2v) is 5.45. The highest BCUT2D eigenvalue weighted by atomic mass is 16.1. The Morgan fingerprint density at radius 2 is 2.04 bits per heavy atom. The molecule has 0 bridgehead atoms. The highest BCUT2D eigenvalue weighted by molar-refractivity contribution is 5.97. The molecule has 1 aromatic heterocycles. The van der Waals surface area contributed by atoms with Gasteiger partial charge >= 0.3 is 0 Å². The van der Waals surface area contributed by atoms with Gasteiger partial charge in [-0.3, -0.25) is 9.78 Å². The van der Waals surface area contributed by atoms with E-state index in [9.17, 15) is 4.79 Å². The van der Waals surface area contributed by atoms with Crippen molar-refractivity contribution in [2.45, 2.75) is 19.3 Å². The monoisotopic (exact) mass is 309 g/mol. The van der Waals surface area contributed by atoms with Crippen LogP contribution in [0.25, 0.3) is 0 Å². The number of carbonyl (C=O) groups is 1. The number of guanidine groups is 1. The maximum absolute atomic E-state index is 11.8. The van der Waals surface area contributed by atoms with E-state index in [4.69, 9.17) is 5.73 Å². The summed E-state index contributed by atoms with van der Waals surface area (Å²) in [4.78, 5) is 19.8. The lowest BCUT2D eigenvalue weighted by Gasteiger charge is -2.08. The average molecular weight is 309 g/mol. The van der Waals surface area contributed by atoms with E-state index in [-0.39, 0.29) is 18.4 Å². The van der Waals surface area contributed by atoms with E-state index in [1.807, 2.05) is 6.07 Å². The second kappa shape index (κ2) is 6.91. The smallest absolute Gasteiger partial charge is 0.246 e. The minimum absolute atomic E-state index is 0.0430. The van der Waals surface area contributed by atoms with Crippen molar-refractivity contribution in [2.75, 3.05) is 17.2 Å². The van der Waals surface area contributed by atoms with Gasteiger partial charge in [0, 0.05) is 11.9 Å². The highest BCUT2D eigenvalue weighted by Gasteiger charge is 2.11. The summed E-state index contributed by atoms with van der Waals surface area (Å²) in [7, 11) is 0. The first-order chi connectivity index (χ1) is 11.2. The Morgan fingerprint density at radius 3 is 2.87 bits per heavy atom. The number of nitrogens with one attached hydrogen (secondary N) is 2. The molecule has 2 aromatic rings. The zero-order valence-corrected chi connectivity index (χ0v) is 12.7. The summed E-state index contributed by atoms with van der Waals surface area (Å²) in [5.41, 5.74) is 10.1. The van der Waals surface area contributed by atoms with Gasteiger partial charge < -0.3 is 16.4 Å². The predicted octanol–water partition coefficient (Wildman–Crippen LogP) is 1.94. The van der Waals surface area contributed by atoms with Gasteiger partial charge in [0.15, 0.2) is 5.96 Å². The van der Waals surface area contributed by atoms with Crippen LogP contribution < -0.4 is 16.4 Å². The van der Waals surface area contributed by atoms with Crippen molar-refractivity contribution in [3.05, 3.63) is 53.9 Å². The molecule has 1 amide bonds. The zero-order chi connectivity index (χ0) is 16.1. The SMILES string of the molecule is NC(=NCC(=O)Nc1cccnc1)Nc1ccc2c(c1)CCC2. The van der Waals surface area contributed by atoms with Crippen LogP contribution in [0.3, 0.4) is 0 Å². The number of carbonyl (C=O) groups excluding carboxylic acids is 1. The first-order valence-electron chi connectivity index (χ1n) is 7.59. The van der Waals surface area contributed by atoms with Gasteiger partial charge in [0.1, 0.15) is 6.54 Å². The van der Waals surface area contributed by atoms with E-state index in [0.717, 1.165) is 18.5 Å². The molecule has 118 valence electrons. The average Bonchev–Trinajstić information content (AvgIpc) is 3.01. The van der Waals surface area contributed by atoms with Crippen molar-refractivity contribution < 1.29 is 4.79 Å². The van der Waals surface area contributed by atoms with Crippen molar-refractivity contribution in [2.24, 2.45) is 10.7 Å². The van der Waals surface area contributed by atoms with Gasteiger partial charge in [-0.05, 0) is 54.7 Å². The number of benzene rings is 1. The number of anilines is 2. The molecule has 0 unspecified atom stereocenters. The Bertz CT molecular complexity index is 727. The molecule has 1 aromatic carbocycles. The summed E-state index contributed by atoms with van der Waals surface area (Å²) >= 11 is 0. The summed E-state index contributed by atoms with van der Waals surface area (Å²) in [6.07, 6.45) is 6.68. The van der Waals surface area contributed by atoms with E-state index in [2.05, 4.69) is 32.7 Å². The van der Waals surface area contributed by atoms with E-state index < -0.39 is 0 Å². The Hall–Kier alpha value is -2.89. The van der Waals surface area contributed by atoms with Gasteiger partial charge in [-0.15, -0.1) is 0 Å². The number of nitrogens with two attached hydrogens (primary N) is 1.